The summed E-state index contributed by atoms with van der Waals surface area (Å²) in [4.78, 5) is 12.5. The predicted molar refractivity (Wildman–Crippen MR) is 155 cm³/mol. The minimum atomic E-state index is -0.563. The molecule has 3 fully saturated rings. The van der Waals surface area contributed by atoms with Crippen LogP contribution in [0.1, 0.15) is 111 Å². The van der Waals surface area contributed by atoms with Crippen LogP contribution >= 0.6 is 0 Å². The highest BCUT2D eigenvalue weighted by Gasteiger charge is 2.59. The number of carbonyl (C=O) groups is 1. The van der Waals surface area contributed by atoms with Gasteiger partial charge in [0.1, 0.15) is 11.9 Å². The highest BCUT2D eigenvalue weighted by atomic mass is 16.7. The van der Waals surface area contributed by atoms with Gasteiger partial charge in [-0.15, -0.1) is 0 Å². The number of hydrogen-bond acceptors (Lipinski definition) is 3. The molecule has 5 rings (SSSR count). The molecule has 0 heterocycles. The van der Waals surface area contributed by atoms with Gasteiger partial charge in [0, 0.05) is 6.42 Å². The highest BCUT2D eigenvalue weighted by molar-refractivity contribution is 5.64. The monoisotopic (exact) mass is 520 g/mol. The number of fused-ring (bicyclic) bond motifs is 5. The van der Waals surface area contributed by atoms with Gasteiger partial charge >= 0.3 is 6.16 Å². The second-order valence-electron chi connectivity index (χ2n) is 14.4. The van der Waals surface area contributed by atoms with Crippen molar-refractivity contribution >= 4 is 6.16 Å². The van der Waals surface area contributed by atoms with E-state index < -0.39 is 6.16 Å². The van der Waals surface area contributed by atoms with Gasteiger partial charge in [-0.25, -0.2) is 4.79 Å². The molecule has 4 aliphatic carbocycles. The Balaban J connectivity index is 1.22. The van der Waals surface area contributed by atoms with Crippen LogP contribution in [0.5, 0.6) is 5.75 Å². The molecule has 0 N–H and O–H groups in total. The van der Waals surface area contributed by atoms with Gasteiger partial charge in [-0.1, -0.05) is 77.7 Å². The van der Waals surface area contributed by atoms with Crippen LogP contribution in [0.4, 0.5) is 4.79 Å². The molecule has 0 saturated heterocycles. The third-order valence-electron chi connectivity index (χ3n) is 11.7. The summed E-state index contributed by atoms with van der Waals surface area (Å²) in [6.45, 7) is 14.5. The predicted octanol–water partition coefficient (Wildman–Crippen LogP) is 9.92. The SMILES string of the molecule is Cc1cccc(OC(=O)O[C@@H]2CC[C@@]3(C)C(=CC[C@H]4[C@H]5CC[C@H]([C@@H](C)CCCC(C)C)[C@]5(C)CC[C@H]43)C2)c1. The minimum absolute atomic E-state index is 0.0698. The number of benzene rings is 1. The molecule has 0 spiro atoms. The van der Waals surface area contributed by atoms with E-state index in [9.17, 15) is 4.79 Å². The summed E-state index contributed by atoms with van der Waals surface area (Å²) in [5.41, 5.74) is 3.42. The first-order valence-electron chi connectivity index (χ1n) is 15.7. The second-order valence-corrected chi connectivity index (χ2v) is 14.4. The topological polar surface area (TPSA) is 35.5 Å². The van der Waals surface area contributed by atoms with Crippen LogP contribution in [-0.2, 0) is 4.74 Å². The number of rotatable bonds is 7. The van der Waals surface area contributed by atoms with Crippen molar-refractivity contribution in [3.8, 4) is 5.75 Å². The molecule has 0 aliphatic heterocycles. The number of ether oxygens (including phenoxy) is 2. The van der Waals surface area contributed by atoms with Crippen LogP contribution in [0.25, 0.3) is 0 Å². The Kier molecular flexibility index (Phi) is 8.05. The smallest absolute Gasteiger partial charge is 0.430 e. The zero-order valence-corrected chi connectivity index (χ0v) is 24.9. The Morgan fingerprint density at radius 3 is 2.61 bits per heavy atom. The molecule has 38 heavy (non-hydrogen) atoms. The third kappa shape index (κ3) is 5.33. The number of allylic oxidation sites excluding steroid dienone is 1. The normalized spacial score (nSPS) is 37.0. The average molecular weight is 521 g/mol. The molecule has 3 heteroatoms. The maximum Gasteiger partial charge on any atom is 0.514 e. The fourth-order valence-corrected chi connectivity index (χ4v) is 9.69. The van der Waals surface area contributed by atoms with Crippen LogP contribution < -0.4 is 4.74 Å². The number of carbonyl (C=O) groups excluding carboxylic acids is 1. The molecule has 0 radical (unpaired) electrons. The fraction of sp³-hybridized carbons (Fsp3) is 0.743. The summed E-state index contributed by atoms with van der Waals surface area (Å²) in [5.74, 6) is 5.65. The molecular weight excluding hydrogens is 468 g/mol. The molecule has 1 aromatic carbocycles. The zero-order valence-electron chi connectivity index (χ0n) is 24.9. The van der Waals surface area contributed by atoms with Crippen molar-refractivity contribution in [2.45, 2.75) is 118 Å². The van der Waals surface area contributed by atoms with Crippen molar-refractivity contribution in [2.75, 3.05) is 0 Å². The standard InChI is InChI=1S/C35H52O3/c1-23(2)9-7-11-25(4)30-15-16-31-29-14-13-26-22-28(38-33(36)37-27-12-8-10-24(3)21-27)17-19-34(26,5)32(29)18-20-35(30,31)6/h8,10,12-13,21,23,25,28-32H,7,9,11,14-20,22H2,1-6H3/t25-,28+,29-,30+,31+,32+,34-,35-/m0/s1. The lowest BCUT2D eigenvalue weighted by atomic mass is 9.47. The first kappa shape index (κ1) is 27.8. The molecule has 4 aliphatic rings. The molecule has 8 atom stereocenters. The second kappa shape index (κ2) is 11.0. The van der Waals surface area contributed by atoms with Crippen molar-refractivity contribution < 1.29 is 14.3 Å². The van der Waals surface area contributed by atoms with E-state index in [-0.39, 0.29) is 11.5 Å². The first-order chi connectivity index (χ1) is 18.1. The summed E-state index contributed by atoms with van der Waals surface area (Å²) < 4.78 is 11.3. The van der Waals surface area contributed by atoms with E-state index in [4.69, 9.17) is 9.47 Å². The van der Waals surface area contributed by atoms with Crippen molar-refractivity contribution in [3.63, 3.8) is 0 Å². The quantitative estimate of drug-likeness (QED) is 0.204. The van der Waals surface area contributed by atoms with E-state index in [2.05, 4.69) is 40.7 Å². The van der Waals surface area contributed by atoms with Crippen LogP contribution in [-0.4, -0.2) is 12.3 Å². The molecule has 0 aromatic heterocycles. The van der Waals surface area contributed by atoms with Gasteiger partial charge in [-0.2, -0.15) is 0 Å². The lowest BCUT2D eigenvalue weighted by molar-refractivity contribution is -0.0597. The van der Waals surface area contributed by atoms with Gasteiger partial charge in [-0.05, 0) is 116 Å². The summed E-state index contributed by atoms with van der Waals surface area (Å²) in [7, 11) is 0. The Bertz CT molecular complexity index is 1030. The maximum atomic E-state index is 12.5. The minimum Gasteiger partial charge on any atom is -0.430 e. The lowest BCUT2D eigenvalue weighted by Gasteiger charge is -2.58. The van der Waals surface area contributed by atoms with E-state index in [0.717, 1.165) is 60.3 Å². The van der Waals surface area contributed by atoms with E-state index in [1.54, 1.807) is 5.57 Å². The van der Waals surface area contributed by atoms with Gasteiger partial charge in [0.15, 0.2) is 0 Å². The van der Waals surface area contributed by atoms with Crippen molar-refractivity contribution in [1.29, 1.82) is 0 Å². The maximum absolute atomic E-state index is 12.5. The molecule has 210 valence electrons. The summed E-state index contributed by atoms with van der Waals surface area (Å²) >= 11 is 0. The number of aryl methyl sites for hydroxylation is 1. The summed E-state index contributed by atoms with van der Waals surface area (Å²) in [6, 6.07) is 7.59. The molecule has 0 unspecified atom stereocenters. The molecular formula is C35H52O3. The van der Waals surface area contributed by atoms with Gasteiger partial charge < -0.3 is 9.47 Å². The van der Waals surface area contributed by atoms with Crippen molar-refractivity contribution in [3.05, 3.63) is 41.5 Å². The Labute approximate surface area is 232 Å². The first-order valence-corrected chi connectivity index (χ1v) is 15.7. The van der Waals surface area contributed by atoms with Gasteiger partial charge in [-0.3, -0.25) is 0 Å². The molecule has 1 aromatic rings. The van der Waals surface area contributed by atoms with E-state index in [1.165, 1.54) is 51.4 Å². The molecule has 3 nitrogen and oxygen atoms in total. The molecule has 0 amide bonds. The van der Waals surface area contributed by atoms with E-state index >= 15 is 0 Å². The van der Waals surface area contributed by atoms with Gasteiger partial charge in [0.25, 0.3) is 0 Å². The fourth-order valence-electron chi connectivity index (χ4n) is 9.69. The Morgan fingerprint density at radius 1 is 1.03 bits per heavy atom. The molecule has 3 saturated carbocycles. The van der Waals surface area contributed by atoms with Gasteiger partial charge in [0.2, 0.25) is 0 Å². The van der Waals surface area contributed by atoms with Crippen LogP contribution in [0, 0.1) is 53.3 Å². The van der Waals surface area contributed by atoms with Crippen LogP contribution in [0.2, 0.25) is 0 Å². The van der Waals surface area contributed by atoms with E-state index in [0.29, 0.717) is 11.2 Å². The third-order valence-corrected chi connectivity index (χ3v) is 11.7. The molecule has 0 bridgehead atoms. The zero-order chi connectivity index (χ0) is 27.1. The number of hydrogen-bond donors (Lipinski definition) is 0. The van der Waals surface area contributed by atoms with Gasteiger partial charge in [0.05, 0.1) is 0 Å². The average Bonchev–Trinajstić information content (AvgIpc) is 3.21. The van der Waals surface area contributed by atoms with E-state index in [1.807, 2.05) is 31.2 Å². The largest absolute Gasteiger partial charge is 0.514 e. The lowest BCUT2D eigenvalue weighted by Crippen LogP contribution is -2.51. The van der Waals surface area contributed by atoms with Crippen LogP contribution in [0.15, 0.2) is 35.9 Å². The van der Waals surface area contributed by atoms with Crippen molar-refractivity contribution in [1.82, 2.24) is 0 Å². The highest BCUT2D eigenvalue weighted by Crippen LogP contribution is 2.67. The summed E-state index contributed by atoms with van der Waals surface area (Å²) in [6.07, 6.45) is 16.0. The summed E-state index contributed by atoms with van der Waals surface area (Å²) in [5, 5.41) is 0. The van der Waals surface area contributed by atoms with Crippen molar-refractivity contribution in [2.24, 2.45) is 46.3 Å². The Hall–Kier alpha value is -1.77. The Morgan fingerprint density at radius 2 is 1.84 bits per heavy atom. The van der Waals surface area contributed by atoms with Crippen LogP contribution in [0.3, 0.4) is 0 Å².